The van der Waals surface area contributed by atoms with Crippen LogP contribution in [0, 0.1) is 5.92 Å². The van der Waals surface area contributed by atoms with Gasteiger partial charge in [0.1, 0.15) is 12.2 Å². The van der Waals surface area contributed by atoms with Crippen molar-refractivity contribution in [3.05, 3.63) is 34.5 Å². The summed E-state index contributed by atoms with van der Waals surface area (Å²) in [5.74, 6) is 2.41. The summed E-state index contributed by atoms with van der Waals surface area (Å²) in [5.41, 5.74) is 0. The molecule has 0 saturated heterocycles. The van der Waals surface area contributed by atoms with Gasteiger partial charge < -0.3 is 15.2 Å². The Hall–Kier alpha value is -1.16. The predicted octanol–water partition coefficient (Wildman–Crippen LogP) is 3.30. The van der Waals surface area contributed by atoms with Crippen molar-refractivity contribution >= 4 is 41.3 Å². The highest BCUT2D eigenvalue weighted by molar-refractivity contribution is 14.0. The third kappa shape index (κ3) is 7.31. The Balaban J connectivity index is 0.00000312. The summed E-state index contributed by atoms with van der Waals surface area (Å²) in [6, 6.07) is 4.54. The molecule has 0 aliphatic heterocycles. The molecule has 6 nitrogen and oxygen atoms in total. The van der Waals surface area contributed by atoms with E-state index in [0.717, 1.165) is 31.3 Å². The van der Waals surface area contributed by atoms with Crippen LogP contribution in [-0.4, -0.2) is 33.3 Å². The summed E-state index contributed by atoms with van der Waals surface area (Å²) in [5, 5.41) is 17.1. The van der Waals surface area contributed by atoms with E-state index in [2.05, 4.69) is 70.6 Å². The molecule has 2 aromatic rings. The summed E-state index contributed by atoms with van der Waals surface area (Å²) in [4.78, 5) is 5.98. The summed E-state index contributed by atoms with van der Waals surface area (Å²) in [7, 11) is 0. The molecular formula is C17H29IN6S. The minimum atomic E-state index is 0. The number of hydrogen-bond acceptors (Lipinski definition) is 4. The van der Waals surface area contributed by atoms with Crippen LogP contribution in [0.4, 0.5) is 0 Å². The van der Waals surface area contributed by atoms with Gasteiger partial charge in [0.25, 0.3) is 0 Å². The second-order valence-electron chi connectivity index (χ2n) is 6.14. The number of aryl methyl sites for hydroxylation is 1. The van der Waals surface area contributed by atoms with Gasteiger partial charge in [-0.1, -0.05) is 26.8 Å². The summed E-state index contributed by atoms with van der Waals surface area (Å²) < 4.78 is 2.08. The highest BCUT2D eigenvalue weighted by Gasteiger charge is 2.09. The molecule has 0 aliphatic rings. The summed E-state index contributed by atoms with van der Waals surface area (Å²) in [6.45, 7) is 11.0. The van der Waals surface area contributed by atoms with E-state index in [9.17, 15) is 0 Å². The lowest BCUT2D eigenvalue weighted by molar-refractivity contribution is 0.479. The molecule has 0 saturated carbocycles. The molecule has 140 valence electrons. The fourth-order valence-corrected chi connectivity index (χ4v) is 2.76. The van der Waals surface area contributed by atoms with E-state index in [1.807, 2.05) is 0 Å². The standard InChI is InChI=1S/C17H28N6S.HI/c1-5-16-22-20-12-23(16)9-8-18-17(21-14(4)13(2)3)19-11-15-7-6-10-24-15;/h6-7,10,12-14H,5,8-9,11H2,1-4H3,(H2,18,19,21);1H. The van der Waals surface area contributed by atoms with Crippen molar-refractivity contribution < 1.29 is 0 Å². The van der Waals surface area contributed by atoms with Crippen molar-refractivity contribution in [3.63, 3.8) is 0 Å². The molecule has 0 radical (unpaired) electrons. The molecule has 8 heteroatoms. The Morgan fingerprint density at radius 2 is 2.16 bits per heavy atom. The van der Waals surface area contributed by atoms with Crippen LogP contribution >= 0.6 is 35.3 Å². The maximum absolute atomic E-state index is 4.71. The van der Waals surface area contributed by atoms with Gasteiger partial charge >= 0.3 is 0 Å². The molecule has 2 heterocycles. The van der Waals surface area contributed by atoms with Crippen LogP contribution in [0.1, 0.15) is 38.4 Å². The molecule has 1 unspecified atom stereocenters. The van der Waals surface area contributed by atoms with Gasteiger partial charge in [0.15, 0.2) is 5.96 Å². The van der Waals surface area contributed by atoms with Gasteiger partial charge in [-0.05, 0) is 24.3 Å². The lowest BCUT2D eigenvalue weighted by Crippen LogP contribution is -2.45. The zero-order valence-corrected chi connectivity index (χ0v) is 18.5. The van der Waals surface area contributed by atoms with Crippen molar-refractivity contribution in [2.24, 2.45) is 10.9 Å². The predicted molar refractivity (Wildman–Crippen MR) is 116 cm³/mol. The first-order valence-electron chi connectivity index (χ1n) is 8.54. The largest absolute Gasteiger partial charge is 0.355 e. The van der Waals surface area contributed by atoms with Gasteiger partial charge in [0, 0.05) is 30.4 Å². The minimum absolute atomic E-state index is 0. The molecule has 0 fully saturated rings. The maximum Gasteiger partial charge on any atom is 0.191 e. The Kier molecular flexibility index (Phi) is 10.0. The fourth-order valence-electron chi connectivity index (χ4n) is 2.13. The number of rotatable bonds is 8. The van der Waals surface area contributed by atoms with Crippen molar-refractivity contribution in [1.82, 2.24) is 25.4 Å². The number of aromatic nitrogens is 3. The van der Waals surface area contributed by atoms with Gasteiger partial charge in [-0.2, -0.15) is 0 Å². The van der Waals surface area contributed by atoms with E-state index in [4.69, 9.17) is 4.99 Å². The Labute approximate surface area is 171 Å². The topological polar surface area (TPSA) is 67.1 Å². The molecule has 0 spiro atoms. The zero-order chi connectivity index (χ0) is 17.4. The van der Waals surface area contributed by atoms with Crippen LogP contribution in [-0.2, 0) is 19.5 Å². The number of nitrogens with one attached hydrogen (secondary N) is 2. The molecule has 2 N–H and O–H groups in total. The van der Waals surface area contributed by atoms with Gasteiger partial charge in [-0.15, -0.1) is 45.5 Å². The molecule has 2 rings (SSSR count). The zero-order valence-electron chi connectivity index (χ0n) is 15.4. The monoisotopic (exact) mass is 476 g/mol. The molecule has 0 amide bonds. The van der Waals surface area contributed by atoms with Gasteiger partial charge in [-0.25, -0.2) is 4.99 Å². The highest BCUT2D eigenvalue weighted by Crippen LogP contribution is 2.09. The van der Waals surface area contributed by atoms with Crippen LogP contribution in [0.3, 0.4) is 0 Å². The molecule has 25 heavy (non-hydrogen) atoms. The number of nitrogens with zero attached hydrogens (tertiary/aromatic N) is 4. The molecule has 0 bridgehead atoms. The van der Waals surface area contributed by atoms with Gasteiger partial charge in [0.05, 0.1) is 6.54 Å². The lowest BCUT2D eigenvalue weighted by Gasteiger charge is -2.21. The van der Waals surface area contributed by atoms with Crippen LogP contribution in [0.15, 0.2) is 28.8 Å². The second-order valence-corrected chi connectivity index (χ2v) is 7.17. The maximum atomic E-state index is 4.71. The van der Waals surface area contributed by atoms with Crippen molar-refractivity contribution in [1.29, 1.82) is 0 Å². The van der Waals surface area contributed by atoms with E-state index in [1.54, 1.807) is 17.7 Å². The quantitative estimate of drug-likeness (QED) is 0.349. The third-order valence-electron chi connectivity index (χ3n) is 3.99. The molecule has 0 aromatic carbocycles. The van der Waals surface area contributed by atoms with Crippen molar-refractivity contribution in [2.45, 2.75) is 53.2 Å². The Morgan fingerprint density at radius 1 is 1.36 bits per heavy atom. The Morgan fingerprint density at radius 3 is 2.80 bits per heavy atom. The van der Waals surface area contributed by atoms with E-state index in [0.29, 0.717) is 18.5 Å². The molecule has 2 aromatic heterocycles. The smallest absolute Gasteiger partial charge is 0.191 e. The second kappa shape index (κ2) is 11.5. The Bertz CT molecular complexity index is 623. The van der Waals surface area contributed by atoms with E-state index < -0.39 is 0 Å². The van der Waals surface area contributed by atoms with Crippen molar-refractivity contribution in [3.8, 4) is 0 Å². The van der Waals surface area contributed by atoms with Crippen LogP contribution in [0.5, 0.6) is 0 Å². The number of hydrogen-bond donors (Lipinski definition) is 2. The average Bonchev–Trinajstić information content (AvgIpc) is 3.23. The number of aliphatic imine (C=N–C) groups is 1. The first-order chi connectivity index (χ1) is 11.6. The van der Waals surface area contributed by atoms with Gasteiger partial charge in [0.2, 0.25) is 0 Å². The molecular weight excluding hydrogens is 447 g/mol. The third-order valence-corrected chi connectivity index (χ3v) is 4.86. The van der Waals surface area contributed by atoms with E-state index in [1.165, 1.54) is 4.88 Å². The van der Waals surface area contributed by atoms with Crippen molar-refractivity contribution in [2.75, 3.05) is 6.54 Å². The number of guanidine groups is 1. The fraction of sp³-hybridized carbons (Fsp3) is 0.588. The van der Waals surface area contributed by atoms with Crippen LogP contribution in [0.25, 0.3) is 0 Å². The summed E-state index contributed by atoms with van der Waals surface area (Å²) >= 11 is 1.73. The number of halogens is 1. The SMILES string of the molecule is CCc1nncn1CCNC(=NCc1cccs1)NC(C)C(C)C.I. The number of thiophene rings is 1. The van der Waals surface area contributed by atoms with Crippen LogP contribution < -0.4 is 10.6 Å². The molecule has 1 atom stereocenters. The summed E-state index contributed by atoms with van der Waals surface area (Å²) in [6.07, 6.45) is 2.68. The first kappa shape index (κ1) is 21.9. The van der Waals surface area contributed by atoms with E-state index in [-0.39, 0.29) is 24.0 Å². The highest BCUT2D eigenvalue weighted by atomic mass is 127. The van der Waals surface area contributed by atoms with E-state index >= 15 is 0 Å². The lowest BCUT2D eigenvalue weighted by atomic mass is 10.1. The minimum Gasteiger partial charge on any atom is -0.355 e. The van der Waals surface area contributed by atoms with Crippen LogP contribution in [0.2, 0.25) is 0 Å². The normalized spacial score (nSPS) is 12.8. The first-order valence-corrected chi connectivity index (χ1v) is 9.42. The molecule has 0 aliphatic carbocycles. The van der Waals surface area contributed by atoms with Gasteiger partial charge in [-0.3, -0.25) is 0 Å². The average molecular weight is 476 g/mol.